The molecule has 3 heterocycles. The Kier molecular flexibility index (Phi) is 33.9. The number of likely N-dealkylation sites (N-methyl/N-ethyl adjacent to an activating group) is 1. The highest BCUT2D eigenvalue weighted by Crippen LogP contribution is 2.49. The topological polar surface area (TPSA) is 354 Å². The Bertz CT molecular complexity index is 3340. The number of epoxide rings is 1. The number of esters is 2. The molecule has 4 aliphatic rings. The molecule has 0 radical (unpaired) electrons. The van der Waals surface area contributed by atoms with Gasteiger partial charge in [-0.3, -0.25) is 48.0 Å². The van der Waals surface area contributed by atoms with Crippen LogP contribution in [-0.4, -0.2) is 177 Å². The lowest BCUT2D eigenvalue weighted by Gasteiger charge is -2.32. The molecular formula is C76H113ClN10O17. The Morgan fingerprint density at radius 2 is 1.51 bits per heavy atom. The lowest BCUT2D eigenvalue weighted by molar-refractivity contribution is -0.162. The summed E-state index contributed by atoms with van der Waals surface area (Å²) in [7, 11) is 6.14. The Morgan fingerprint density at radius 3 is 2.15 bits per heavy atom. The van der Waals surface area contributed by atoms with E-state index in [4.69, 9.17) is 45.9 Å². The SMILES string of the molecule is COc1cc2cc(c1Cl)N(C)C(=O)C[C@H](OC(=O)[C@H](C)N(C)C(=O)CCCCC(=O)NOCc1ccc(NC(=O)[C@H](CCCNC(N)=O)NC(=O)[C@@H](NC(=O)CCC(=O)N3CCC(C(=O)NC4CCCCCCC4)CC3)C(C)C)cc1)[C@]1(C)O[C@H]1[C@H](C)[C@@H](OC(C)=O)C[C@@H](C)[C@H](OC)/C=C/C=C(\C)C2. The number of halogens is 1. The first-order valence-electron chi connectivity index (χ1n) is 36.8. The molecule has 104 heavy (non-hydrogen) atoms. The number of anilines is 2. The van der Waals surface area contributed by atoms with E-state index in [9.17, 15) is 52.7 Å². The van der Waals surface area contributed by atoms with Crippen LogP contribution in [0.15, 0.2) is 60.2 Å². The van der Waals surface area contributed by atoms with Crippen LogP contribution in [0, 0.1) is 23.7 Å². The van der Waals surface area contributed by atoms with E-state index >= 15 is 0 Å². The van der Waals surface area contributed by atoms with Crippen LogP contribution in [0.1, 0.15) is 189 Å². The fourth-order valence-electron chi connectivity index (χ4n) is 13.6. The van der Waals surface area contributed by atoms with E-state index in [-0.39, 0.29) is 105 Å². The van der Waals surface area contributed by atoms with Crippen molar-refractivity contribution < 1.29 is 81.3 Å². The first kappa shape index (κ1) is 84.8. The molecule has 2 aromatic rings. The maximum Gasteiger partial charge on any atom is 0.328 e. The first-order valence-corrected chi connectivity index (χ1v) is 37.1. The summed E-state index contributed by atoms with van der Waals surface area (Å²) in [5, 5.41) is 14.2. The second kappa shape index (κ2) is 41.5. The van der Waals surface area contributed by atoms with Crippen LogP contribution in [-0.2, 0) is 84.8 Å². The number of primary amides is 1. The van der Waals surface area contributed by atoms with E-state index in [1.165, 1.54) is 57.1 Å². The summed E-state index contributed by atoms with van der Waals surface area (Å²) in [4.78, 5) is 156. The number of nitrogens with one attached hydrogen (secondary N) is 6. The van der Waals surface area contributed by atoms with Crippen LogP contribution in [0.4, 0.5) is 16.2 Å². The molecule has 3 aliphatic heterocycles. The van der Waals surface area contributed by atoms with Gasteiger partial charge in [-0.2, -0.15) is 0 Å². The Hall–Kier alpha value is -8.14. The largest absolute Gasteiger partial charge is 0.495 e. The molecule has 1 aliphatic carbocycles. The third kappa shape index (κ3) is 26.2. The molecule has 2 saturated heterocycles. The van der Waals surface area contributed by atoms with Crippen molar-refractivity contribution in [1.82, 2.24) is 36.5 Å². The number of allylic oxidation sites excluding steroid dienone is 3. The number of carbonyl (C=O) groups excluding carboxylic acids is 11. The summed E-state index contributed by atoms with van der Waals surface area (Å²) in [6, 6.07) is 6.30. The number of likely N-dealkylation sites (tertiary alicyclic amines) is 1. The van der Waals surface area contributed by atoms with Crippen LogP contribution in [0.25, 0.3) is 0 Å². The van der Waals surface area contributed by atoms with Gasteiger partial charge in [0.15, 0.2) is 0 Å². The van der Waals surface area contributed by atoms with E-state index in [1.54, 1.807) is 64.1 Å². The zero-order valence-electron chi connectivity index (χ0n) is 62.8. The lowest BCUT2D eigenvalue weighted by Crippen LogP contribution is -2.54. The van der Waals surface area contributed by atoms with E-state index in [0.717, 1.165) is 36.8 Å². The van der Waals surface area contributed by atoms with E-state index in [2.05, 4.69) is 32.1 Å². The highest BCUT2D eigenvalue weighted by Gasteiger charge is 2.63. The van der Waals surface area contributed by atoms with Crippen molar-refractivity contribution >= 4 is 88.2 Å². The number of hydrogen-bond donors (Lipinski definition) is 7. The molecule has 10 atom stereocenters. The number of carbonyl (C=O) groups is 11. The lowest BCUT2D eigenvalue weighted by atomic mass is 9.84. The maximum absolute atomic E-state index is 14.5. The number of amides is 10. The summed E-state index contributed by atoms with van der Waals surface area (Å²) in [5.74, 6) is -5.26. The van der Waals surface area contributed by atoms with Crippen LogP contribution >= 0.6 is 11.6 Å². The number of ether oxygens (including phenoxy) is 5. The van der Waals surface area contributed by atoms with Crippen molar-refractivity contribution in [3.63, 3.8) is 0 Å². The fraction of sp³-hybridized carbons (Fsp3) is 0.645. The quantitative estimate of drug-likeness (QED) is 0.0174. The molecule has 27 nitrogen and oxygen atoms in total. The molecule has 6 rings (SSSR count). The summed E-state index contributed by atoms with van der Waals surface area (Å²) in [6.07, 6.45) is 13.2. The molecule has 2 bridgehead atoms. The average molecular weight is 1470 g/mol. The number of piperidine rings is 1. The van der Waals surface area contributed by atoms with Crippen LogP contribution < -0.4 is 47.4 Å². The molecule has 2 aromatic carbocycles. The van der Waals surface area contributed by atoms with Gasteiger partial charge in [0.1, 0.15) is 46.7 Å². The fourth-order valence-corrected chi connectivity index (χ4v) is 13.9. The third-order valence-electron chi connectivity index (χ3n) is 20.3. The minimum absolute atomic E-state index is 0.00705. The Balaban J connectivity index is 0.963. The van der Waals surface area contributed by atoms with Crippen LogP contribution in [0.5, 0.6) is 5.75 Å². The predicted octanol–water partition coefficient (Wildman–Crippen LogP) is 8.35. The van der Waals surface area contributed by atoms with Crippen molar-refractivity contribution in [2.24, 2.45) is 29.4 Å². The smallest absolute Gasteiger partial charge is 0.328 e. The predicted molar refractivity (Wildman–Crippen MR) is 392 cm³/mol. The number of methoxy groups -OCH3 is 2. The molecule has 1 saturated carbocycles. The standard InChI is InChI=1S/C76H113ClN10O17/c1-46(2)69(83-63(89)33-34-66(92)87-38-35-54(36-39-87)71(94)80-55-23-16-14-13-15-17-24-55)73(96)82-57(25-21-37-79-75(78)98)72(95)81-56-31-29-52(30-32-56)45-101-84-64(90)27-18-19-28-65(91)85(9)50(6)74(97)103-62-44-67(93)86(10)58-42-53(43-61(100-12)68(58)77)40-47(3)22-20-26-59(99-11)48(4)41-60(102-51(7)88)49(5)70-76(62,8)104-70/h20,22,26,29-32,42-43,46,48-50,54-55,57,59-60,62,69-70H,13-19,21,23-25,27-28,33-41,44-45H2,1-12H3,(H,80,94)(H,81,95)(H,82,96)(H,83,89)(H,84,90)(H3,78,79,98)/b26-20+,47-22+/t48-,49-,50+,57+,59-,60+,62+,69+,70+,76+/m1/s1. The highest BCUT2D eigenvalue weighted by molar-refractivity contribution is 6.35. The van der Waals surface area contributed by atoms with Crippen molar-refractivity contribution in [2.75, 3.05) is 58.2 Å². The monoisotopic (exact) mass is 1470 g/mol. The van der Waals surface area contributed by atoms with Gasteiger partial charge in [-0.15, -0.1) is 0 Å². The summed E-state index contributed by atoms with van der Waals surface area (Å²) >= 11 is 6.87. The number of benzene rings is 2. The molecule has 0 unspecified atom stereocenters. The highest BCUT2D eigenvalue weighted by atomic mass is 35.5. The van der Waals surface area contributed by atoms with Gasteiger partial charge >= 0.3 is 18.0 Å². The number of fused-ring (bicyclic) bond motifs is 3. The second-order valence-electron chi connectivity index (χ2n) is 28.8. The molecule has 28 heteroatoms. The zero-order valence-corrected chi connectivity index (χ0v) is 63.6. The van der Waals surface area contributed by atoms with E-state index in [0.29, 0.717) is 67.9 Å². The Morgan fingerprint density at radius 1 is 0.837 bits per heavy atom. The summed E-state index contributed by atoms with van der Waals surface area (Å²) in [5.41, 5.74) is 9.61. The molecule has 8 N–H and O–H groups in total. The van der Waals surface area contributed by atoms with Crippen molar-refractivity contribution in [1.29, 1.82) is 0 Å². The van der Waals surface area contributed by atoms with Crippen molar-refractivity contribution in [3.8, 4) is 5.75 Å². The molecule has 576 valence electrons. The maximum atomic E-state index is 14.5. The summed E-state index contributed by atoms with van der Waals surface area (Å²) in [6.45, 7) is 14.8. The third-order valence-corrected chi connectivity index (χ3v) is 20.7. The van der Waals surface area contributed by atoms with Gasteiger partial charge < -0.3 is 70.7 Å². The van der Waals surface area contributed by atoms with Gasteiger partial charge in [0.05, 0.1) is 38.0 Å². The number of unbranched alkanes of at least 4 members (excludes halogenated alkanes) is 1. The van der Waals surface area contributed by atoms with Crippen molar-refractivity contribution in [2.45, 2.75) is 245 Å². The molecule has 10 amide bonds. The van der Waals surface area contributed by atoms with Gasteiger partial charge in [0.2, 0.25) is 47.3 Å². The number of nitrogens with two attached hydrogens (primary N) is 1. The minimum atomic E-state index is -1.24. The molecular weight excluding hydrogens is 1360 g/mol. The van der Waals surface area contributed by atoms with Gasteiger partial charge in [0.25, 0.3) is 0 Å². The van der Waals surface area contributed by atoms with Gasteiger partial charge in [-0.05, 0) is 132 Å². The molecule has 3 fully saturated rings. The van der Waals surface area contributed by atoms with Gasteiger partial charge in [-0.1, -0.05) is 107 Å². The van der Waals surface area contributed by atoms with E-state index in [1.807, 2.05) is 51.1 Å². The Labute approximate surface area is 617 Å². The van der Waals surface area contributed by atoms with Gasteiger partial charge in [0, 0.05) is 97.0 Å². The first-order chi connectivity index (χ1) is 49.4. The van der Waals surface area contributed by atoms with Crippen molar-refractivity contribution in [3.05, 3.63) is 76.3 Å². The van der Waals surface area contributed by atoms with Gasteiger partial charge in [-0.25, -0.2) is 15.1 Å². The molecule has 0 spiro atoms. The number of hydrogen-bond acceptors (Lipinski definition) is 17. The minimum Gasteiger partial charge on any atom is -0.495 e. The van der Waals surface area contributed by atoms with Crippen LogP contribution in [0.3, 0.4) is 0 Å². The molecule has 0 aromatic heterocycles. The van der Waals surface area contributed by atoms with Crippen LogP contribution in [0.2, 0.25) is 5.02 Å². The summed E-state index contributed by atoms with van der Waals surface area (Å²) < 4.78 is 30.1. The normalized spacial score (nSPS) is 23.1. The number of urea groups is 1. The number of nitrogens with zero attached hydrogens (tertiary/aromatic N) is 3. The average Bonchev–Trinajstić information content (AvgIpc) is 1.57. The number of hydroxylamine groups is 1. The van der Waals surface area contributed by atoms with E-state index < -0.39 is 107 Å². The second-order valence-corrected chi connectivity index (χ2v) is 29.2. The zero-order chi connectivity index (χ0) is 76.4. The number of rotatable bonds is 29.